The molecule has 3 aromatic carbocycles. The molecule has 0 fully saturated rings. The molecule has 34 heavy (non-hydrogen) atoms. The average Bonchev–Trinajstić information content (AvgIpc) is 2.84. The number of amides is 1. The minimum atomic E-state index is -4.07. The van der Waals surface area contributed by atoms with E-state index in [9.17, 15) is 18.0 Å². The lowest BCUT2D eigenvalue weighted by molar-refractivity contribution is -0.114. The molecule has 0 heterocycles. The normalized spacial score (nSPS) is 11.0. The quantitative estimate of drug-likeness (QED) is 0.307. The molecule has 0 aliphatic heterocycles. The molecule has 0 aromatic heterocycles. The Labute approximate surface area is 204 Å². The van der Waals surface area contributed by atoms with Gasteiger partial charge in [-0.2, -0.15) is 0 Å². The number of benzene rings is 3. The van der Waals surface area contributed by atoms with Crippen molar-refractivity contribution in [2.75, 3.05) is 22.8 Å². The molecule has 0 spiro atoms. The number of unbranched alkanes of at least 4 members (excludes halogenated alkanes) is 1. The number of nitrogens with zero attached hydrogens (tertiary/aromatic N) is 1. The van der Waals surface area contributed by atoms with E-state index in [1.54, 1.807) is 48.5 Å². The molecule has 3 aromatic rings. The van der Waals surface area contributed by atoms with Gasteiger partial charge in [-0.25, -0.2) is 13.2 Å². The number of para-hydroxylation sites is 1. The minimum absolute atomic E-state index is 0.0358. The lowest BCUT2D eigenvalue weighted by Gasteiger charge is -2.25. The first-order valence-corrected chi connectivity index (χ1v) is 12.5. The molecule has 0 bridgehead atoms. The summed E-state index contributed by atoms with van der Waals surface area (Å²) in [7, 11) is -4.07. The third-order valence-corrected chi connectivity index (χ3v) is 6.97. The van der Waals surface area contributed by atoms with Crippen LogP contribution < -0.4 is 9.62 Å². The van der Waals surface area contributed by atoms with Crippen molar-refractivity contribution in [3.05, 3.63) is 89.4 Å². The van der Waals surface area contributed by atoms with Crippen LogP contribution in [0.5, 0.6) is 0 Å². The van der Waals surface area contributed by atoms with Crippen molar-refractivity contribution in [2.24, 2.45) is 0 Å². The Morgan fingerprint density at radius 1 is 0.941 bits per heavy atom. The molecule has 0 saturated carbocycles. The lowest BCUT2D eigenvalue weighted by Crippen LogP contribution is -2.38. The van der Waals surface area contributed by atoms with Gasteiger partial charge in [-0.3, -0.25) is 9.10 Å². The highest BCUT2D eigenvalue weighted by atomic mass is 35.5. The van der Waals surface area contributed by atoms with E-state index in [0.29, 0.717) is 17.9 Å². The molecule has 7 nitrogen and oxygen atoms in total. The molecule has 178 valence electrons. The van der Waals surface area contributed by atoms with Crippen LogP contribution in [0.1, 0.15) is 30.1 Å². The summed E-state index contributed by atoms with van der Waals surface area (Å²) in [6, 6.07) is 20.4. The van der Waals surface area contributed by atoms with Gasteiger partial charge in [-0.15, -0.1) is 0 Å². The van der Waals surface area contributed by atoms with E-state index >= 15 is 0 Å². The largest absolute Gasteiger partial charge is 0.462 e. The number of nitrogens with one attached hydrogen (secondary N) is 1. The SMILES string of the molecule is CCCCOC(=O)c1ccc(NC(=O)CN(c2ccccc2Cl)S(=O)(=O)c2ccccc2)cc1. The first-order valence-electron chi connectivity index (χ1n) is 10.7. The van der Waals surface area contributed by atoms with Gasteiger partial charge in [-0.05, 0) is 55.0 Å². The van der Waals surface area contributed by atoms with E-state index in [1.165, 1.54) is 30.3 Å². The van der Waals surface area contributed by atoms with Crippen molar-refractivity contribution >= 4 is 44.9 Å². The van der Waals surface area contributed by atoms with E-state index in [2.05, 4.69) is 5.32 Å². The van der Waals surface area contributed by atoms with Gasteiger partial charge < -0.3 is 10.1 Å². The zero-order valence-corrected chi connectivity index (χ0v) is 20.2. The Bertz CT molecular complexity index is 1230. The Balaban J connectivity index is 1.78. The molecular formula is C25H25ClN2O5S. The fraction of sp³-hybridized carbons (Fsp3) is 0.200. The fourth-order valence-electron chi connectivity index (χ4n) is 3.09. The maximum absolute atomic E-state index is 13.3. The van der Waals surface area contributed by atoms with Crippen molar-refractivity contribution < 1.29 is 22.7 Å². The molecule has 0 unspecified atom stereocenters. The third kappa shape index (κ3) is 6.36. The summed E-state index contributed by atoms with van der Waals surface area (Å²) < 4.78 is 32.8. The first-order chi connectivity index (χ1) is 16.3. The van der Waals surface area contributed by atoms with E-state index in [-0.39, 0.29) is 15.6 Å². The van der Waals surface area contributed by atoms with Crippen molar-refractivity contribution in [1.82, 2.24) is 0 Å². The second-order valence-electron chi connectivity index (χ2n) is 7.39. The molecule has 1 amide bonds. The number of carbonyl (C=O) groups is 2. The van der Waals surface area contributed by atoms with E-state index < -0.39 is 28.4 Å². The van der Waals surface area contributed by atoms with Crippen molar-refractivity contribution in [1.29, 1.82) is 0 Å². The van der Waals surface area contributed by atoms with Crippen LogP contribution in [0.25, 0.3) is 0 Å². The predicted molar refractivity (Wildman–Crippen MR) is 133 cm³/mol. The number of anilines is 2. The molecule has 0 atom stereocenters. The summed E-state index contributed by atoms with van der Waals surface area (Å²) >= 11 is 6.27. The summed E-state index contributed by atoms with van der Waals surface area (Å²) in [6.45, 7) is 1.85. The number of halogens is 1. The predicted octanol–water partition coefficient (Wildman–Crippen LogP) is 5.13. The van der Waals surface area contributed by atoms with Crippen LogP contribution in [-0.2, 0) is 19.6 Å². The minimum Gasteiger partial charge on any atom is -0.462 e. The molecule has 9 heteroatoms. The van der Waals surface area contributed by atoms with Crippen molar-refractivity contribution in [2.45, 2.75) is 24.7 Å². The maximum Gasteiger partial charge on any atom is 0.338 e. The van der Waals surface area contributed by atoms with Crippen molar-refractivity contribution in [3.8, 4) is 0 Å². The van der Waals surface area contributed by atoms with Gasteiger partial charge in [0, 0.05) is 5.69 Å². The number of rotatable bonds is 10. The van der Waals surface area contributed by atoms with Crippen LogP contribution in [0.3, 0.4) is 0 Å². The first kappa shape index (κ1) is 25.3. The van der Waals surface area contributed by atoms with Gasteiger partial charge in [0.15, 0.2) is 0 Å². The number of hydrogen-bond donors (Lipinski definition) is 1. The van der Waals surface area contributed by atoms with Gasteiger partial charge in [0.05, 0.1) is 27.8 Å². The Morgan fingerprint density at radius 2 is 1.59 bits per heavy atom. The molecule has 0 aliphatic carbocycles. The average molecular weight is 501 g/mol. The van der Waals surface area contributed by atoms with Gasteiger partial charge in [0.1, 0.15) is 6.54 Å². The van der Waals surface area contributed by atoms with Gasteiger partial charge in [0.2, 0.25) is 5.91 Å². The van der Waals surface area contributed by atoms with Crippen LogP contribution in [0.15, 0.2) is 83.8 Å². The Morgan fingerprint density at radius 3 is 2.24 bits per heavy atom. The zero-order valence-electron chi connectivity index (χ0n) is 18.6. The molecule has 3 rings (SSSR count). The number of ether oxygens (including phenoxy) is 1. The second kappa shape index (κ2) is 11.7. The second-order valence-corrected chi connectivity index (χ2v) is 9.66. The number of carbonyl (C=O) groups excluding carboxylic acids is 2. The third-order valence-electron chi connectivity index (χ3n) is 4.87. The highest BCUT2D eigenvalue weighted by Crippen LogP contribution is 2.30. The maximum atomic E-state index is 13.3. The number of esters is 1. The standard InChI is InChI=1S/C25H25ClN2O5S/c1-2-3-17-33-25(30)19-13-15-20(16-14-19)27-24(29)18-28(23-12-8-7-11-22(23)26)34(31,32)21-9-5-4-6-10-21/h4-16H,2-3,17-18H2,1H3,(H,27,29). The fourth-order valence-corrected chi connectivity index (χ4v) is 4.84. The lowest BCUT2D eigenvalue weighted by atomic mass is 10.2. The summed E-state index contributed by atoms with van der Waals surface area (Å²) in [5.41, 5.74) is 0.957. The van der Waals surface area contributed by atoms with E-state index in [1.807, 2.05) is 6.92 Å². The van der Waals surface area contributed by atoms with E-state index in [4.69, 9.17) is 16.3 Å². The number of sulfonamides is 1. The zero-order chi connectivity index (χ0) is 24.6. The Hall–Kier alpha value is -3.36. The van der Waals surface area contributed by atoms with Crippen LogP contribution in [0.2, 0.25) is 5.02 Å². The van der Waals surface area contributed by atoms with Crippen molar-refractivity contribution in [3.63, 3.8) is 0 Å². The highest BCUT2D eigenvalue weighted by molar-refractivity contribution is 7.92. The molecule has 0 aliphatic rings. The summed E-state index contributed by atoms with van der Waals surface area (Å²) in [5.74, 6) is -1.01. The topological polar surface area (TPSA) is 92.8 Å². The smallest absolute Gasteiger partial charge is 0.338 e. The molecule has 0 radical (unpaired) electrons. The molecular weight excluding hydrogens is 476 g/mol. The van der Waals surface area contributed by atoms with Gasteiger partial charge in [0.25, 0.3) is 10.0 Å². The summed E-state index contributed by atoms with van der Waals surface area (Å²) in [6.07, 6.45) is 1.71. The monoisotopic (exact) mass is 500 g/mol. The van der Waals surface area contributed by atoms with Gasteiger partial charge in [-0.1, -0.05) is 55.3 Å². The summed E-state index contributed by atoms with van der Waals surface area (Å²) in [5, 5.41) is 2.86. The van der Waals surface area contributed by atoms with Crippen LogP contribution in [0, 0.1) is 0 Å². The number of hydrogen-bond acceptors (Lipinski definition) is 5. The van der Waals surface area contributed by atoms with Gasteiger partial charge >= 0.3 is 5.97 Å². The summed E-state index contributed by atoms with van der Waals surface area (Å²) in [4.78, 5) is 24.9. The molecule has 0 saturated heterocycles. The van der Waals surface area contributed by atoms with Crippen LogP contribution in [0.4, 0.5) is 11.4 Å². The van der Waals surface area contributed by atoms with E-state index in [0.717, 1.165) is 17.1 Å². The van der Waals surface area contributed by atoms with Crippen LogP contribution >= 0.6 is 11.6 Å². The van der Waals surface area contributed by atoms with Crippen LogP contribution in [-0.4, -0.2) is 33.4 Å². The molecule has 1 N–H and O–H groups in total. The Kier molecular flexibility index (Phi) is 8.67. The highest BCUT2D eigenvalue weighted by Gasteiger charge is 2.28.